The predicted molar refractivity (Wildman–Crippen MR) is 61.9 cm³/mol. The van der Waals surface area contributed by atoms with Crippen molar-refractivity contribution in [3.8, 4) is 0 Å². The highest BCUT2D eigenvalue weighted by Crippen LogP contribution is 2.34. The largest absolute Gasteiger partial charge is 0.313 e. The molecule has 2 atom stereocenters. The Balaban J connectivity index is 2.04. The van der Waals surface area contributed by atoms with Crippen LogP contribution < -0.4 is 5.32 Å². The number of hydrogen-bond acceptors (Lipinski definition) is 2. The lowest BCUT2D eigenvalue weighted by Gasteiger charge is -2.20. The van der Waals surface area contributed by atoms with Crippen molar-refractivity contribution in [1.82, 2.24) is 15.1 Å². The monoisotopic (exact) mass is 207 g/mol. The molecule has 3 nitrogen and oxygen atoms in total. The first-order valence-electron chi connectivity index (χ1n) is 6.04. The average Bonchev–Trinajstić information content (AvgIpc) is 2.82. The number of nitrogens with one attached hydrogen (secondary N) is 1. The molecule has 0 bridgehead atoms. The summed E-state index contributed by atoms with van der Waals surface area (Å²) in [7, 11) is 2.05. The molecule has 0 aliphatic heterocycles. The molecular formula is C12H21N3. The minimum Gasteiger partial charge on any atom is -0.313 e. The zero-order valence-corrected chi connectivity index (χ0v) is 9.74. The predicted octanol–water partition coefficient (Wildman–Crippen LogP) is 2.06. The van der Waals surface area contributed by atoms with Crippen LogP contribution in [-0.4, -0.2) is 22.4 Å². The number of aromatic nitrogens is 2. The Labute approximate surface area is 91.9 Å². The summed E-state index contributed by atoms with van der Waals surface area (Å²) in [6, 6.07) is 2.83. The van der Waals surface area contributed by atoms with Crippen LogP contribution in [0.3, 0.4) is 0 Å². The lowest BCUT2D eigenvalue weighted by atomic mass is 9.99. The standard InChI is InChI=1S/C12H21N3/c1-3-8-13-11-6-4-5-10(11)12-7-9-14-15(12)2/h7,9-11,13H,3-6,8H2,1-2H3. The van der Waals surface area contributed by atoms with Crippen molar-refractivity contribution < 1.29 is 0 Å². The van der Waals surface area contributed by atoms with Gasteiger partial charge in [0.2, 0.25) is 0 Å². The molecule has 15 heavy (non-hydrogen) atoms. The van der Waals surface area contributed by atoms with Crippen LogP contribution in [0.15, 0.2) is 12.3 Å². The Hall–Kier alpha value is -0.830. The molecule has 84 valence electrons. The topological polar surface area (TPSA) is 29.9 Å². The van der Waals surface area contributed by atoms with Crippen molar-refractivity contribution >= 4 is 0 Å². The highest BCUT2D eigenvalue weighted by molar-refractivity contribution is 5.13. The summed E-state index contributed by atoms with van der Waals surface area (Å²) in [6.45, 7) is 3.36. The molecule has 0 radical (unpaired) electrons. The van der Waals surface area contributed by atoms with Crippen LogP contribution in [0.5, 0.6) is 0 Å². The van der Waals surface area contributed by atoms with E-state index in [2.05, 4.69) is 23.4 Å². The van der Waals surface area contributed by atoms with Gasteiger partial charge in [-0.1, -0.05) is 13.3 Å². The maximum Gasteiger partial charge on any atom is 0.0492 e. The molecule has 1 fully saturated rings. The zero-order chi connectivity index (χ0) is 10.7. The van der Waals surface area contributed by atoms with Gasteiger partial charge in [-0.15, -0.1) is 0 Å². The van der Waals surface area contributed by atoms with Crippen molar-refractivity contribution in [3.63, 3.8) is 0 Å². The van der Waals surface area contributed by atoms with Crippen molar-refractivity contribution in [2.75, 3.05) is 6.54 Å². The van der Waals surface area contributed by atoms with Crippen molar-refractivity contribution in [1.29, 1.82) is 0 Å². The van der Waals surface area contributed by atoms with Gasteiger partial charge >= 0.3 is 0 Å². The molecule has 2 rings (SSSR count). The molecule has 1 aliphatic carbocycles. The lowest BCUT2D eigenvalue weighted by molar-refractivity contribution is 0.460. The molecule has 0 amide bonds. The molecule has 0 saturated heterocycles. The summed E-state index contributed by atoms with van der Waals surface area (Å²) in [5, 5.41) is 7.92. The van der Waals surface area contributed by atoms with E-state index in [0.717, 1.165) is 6.54 Å². The van der Waals surface area contributed by atoms with Crippen LogP contribution in [0.2, 0.25) is 0 Å². The molecule has 0 aromatic carbocycles. The lowest BCUT2D eigenvalue weighted by Crippen LogP contribution is -2.32. The molecule has 1 aromatic heterocycles. The quantitative estimate of drug-likeness (QED) is 0.819. The summed E-state index contributed by atoms with van der Waals surface area (Å²) < 4.78 is 2.02. The number of hydrogen-bond donors (Lipinski definition) is 1. The Morgan fingerprint density at radius 3 is 3.07 bits per heavy atom. The fourth-order valence-corrected chi connectivity index (χ4v) is 2.64. The van der Waals surface area contributed by atoms with E-state index in [0.29, 0.717) is 12.0 Å². The Morgan fingerprint density at radius 1 is 1.53 bits per heavy atom. The Kier molecular flexibility index (Phi) is 3.41. The van der Waals surface area contributed by atoms with Gasteiger partial charge in [0.1, 0.15) is 0 Å². The normalized spacial score (nSPS) is 26.0. The second-order valence-electron chi connectivity index (χ2n) is 4.48. The summed E-state index contributed by atoms with van der Waals surface area (Å²) in [5.41, 5.74) is 1.39. The van der Waals surface area contributed by atoms with Gasteiger partial charge in [-0.2, -0.15) is 5.10 Å². The van der Waals surface area contributed by atoms with E-state index >= 15 is 0 Å². The molecule has 1 aromatic rings. The maximum atomic E-state index is 4.26. The Morgan fingerprint density at radius 2 is 2.40 bits per heavy atom. The van der Waals surface area contributed by atoms with E-state index in [9.17, 15) is 0 Å². The fourth-order valence-electron chi connectivity index (χ4n) is 2.64. The van der Waals surface area contributed by atoms with Crippen molar-refractivity contribution in [2.24, 2.45) is 7.05 Å². The first-order chi connectivity index (χ1) is 7.33. The maximum absolute atomic E-state index is 4.26. The molecule has 1 N–H and O–H groups in total. The van der Waals surface area contributed by atoms with Crippen molar-refractivity contribution in [2.45, 2.75) is 44.6 Å². The molecule has 0 spiro atoms. The van der Waals surface area contributed by atoms with E-state index in [1.807, 2.05) is 17.9 Å². The van der Waals surface area contributed by atoms with Gasteiger partial charge in [0.05, 0.1) is 0 Å². The average molecular weight is 207 g/mol. The highest BCUT2D eigenvalue weighted by Gasteiger charge is 2.29. The third-order valence-electron chi connectivity index (χ3n) is 3.41. The summed E-state index contributed by atoms with van der Waals surface area (Å²) in [6.07, 6.45) is 7.09. The first kappa shape index (κ1) is 10.7. The van der Waals surface area contributed by atoms with Gasteiger partial charge in [0.15, 0.2) is 0 Å². The minimum atomic E-state index is 0.667. The van der Waals surface area contributed by atoms with Gasteiger partial charge in [0, 0.05) is 30.9 Å². The van der Waals surface area contributed by atoms with Crippen molar-refractivity contribution in [3.05, 3.63) is 18.0 Å². The van der Waals surface area contributed by atoms with E-state index in [4.69, 9.17) is 0 Å². The van der Waals surface area contributed by atoms with Crippen LogP contribution in [0.1, 0.15) is 44.2 Å². The molecule has 1 heterocycles. The minimum absolute atomic E-state index is 0.667. The third-order valence-corrected chi connectivity index (χ3v) is 3.41. The summed E-state index contributed by atoms with van der Waals surface area (Å²) >= 11 is 0. The first-order valence-corrected chi connectivity index (χ1v) is 6.04. The molecular weight excluding hydrogens is 186 g/mol. The number of rotatable bonds is 4. The SMILES string of the molecule is CCCNC1CCCC1c1ccnn1C. The summed E-state index contributed by atoms with van der Waals surface area (Å²) in [4.78, 5) is 0. The molecule has 2 unspecified atom stereocenters. The number of nitrogens with zero attached hydrogens (tertiary/aromatic N) is 2. The third kappa shape index (κ3) is 2.23. The van der Waals surface area contributed by atoms with Gasteiger partial charge < -0.3 is 5.32 Å². The molecule has 3 heteroatoms. The van der Waals surface area contributed by atoms with E-state index in [-0.39, 0.29) is 0 Å². The van der Waals surface area contributed by atoms with Gasteiger partial charge in [-0.25, -0.2) is 0 Å². The van der Waals surface area contributed by atoms with Crippen LogP contribution in [0.4, 0.5) is 0 Å². The smallest absolute Gasteiger partial charge is 0.0492 e. The highest BCUT2D eigenvalue weighted by atomic mass is 15.3. The zero-order valence-electron chi connectivity index (χ0n) is 9.74. The number of aryl methyl sites for hydroxylation is 1. The molecule has 1 aliphatic rings. The fraction of sp³-hybridized carbons (Fsp3) is 0.750. The second kappa shape index (κ2) is 4.79. The van der Waals surface area contributed by atoms with E-state index in [1.54, 1.807) is 0 Å². The van der Waals surface area contributed by atoms with Crippen LogP contribution >= 0.6 is 0 Å². The van der Waals surface area contributed by atoms with Crippen LogP contribution in [0, 0.1) is 0 Å². The summed E-state index contributed by atoms with van der Waals surface area (Å²) in [5.74, 6) is 0.670. The van der Waals surface area contributed by atoms with Crippen LogP contribution in [0.25, 0.3) is 0 Å². The van der Waals surface area contributed by atoms with E-state index < -0.39 is 0 Å². The van der Waals surface area contributed by atoms with Crippen LogP contribution in [-0.2, 0) is 7.05 Å². The van der Waals surface area contributed by atoms with E-state index in [1.165, 1.54) is 31.4 Å². The van der Waals surface area contributed by atoms with Gasteiger partial charge in [0.25, 0.3) is 0 Å². The Bertz CT molecular complexity index is 306. The molecule has 1 saturated carbocycles. The van der Waals surface area contributed by atoms with Gasteiger partial charge in [-0.05, 0) is 31.9 Å². The van der Waals surface area contributed by atoms with Gasteiger partial charge in [-0.3, -0.25) is 4.68 Å². The second-order valence-corrected chi connectivity index (χ2v) is 4.48.